The Bertz CT molecular complexity index is 3170. The van der Waals surface area contributed by atoms with Gasteiger partial charge < -0.3 is 77.7 Å². The van der Waals surface area contributed by atoms with E-state index in [2.05, 4.69) is 9.97 Å². The van der Waals surface area contributed by atoms with Gasteiger partial charge in [0.25, 0.3) is 11.8 Å². The first-order chi connectivity index (χ1) is 39.4. The Hall–Kier alpha value is -6.78. The van der Waals surface area contributed by atoms with Gasteiger partial charge in [0, 0.05) is 87.4 Å². The number of pyridine rings is 2. The number of benzene rings is 2. The number of ketones is 2. The molecule has 2 N–H and O–H groups in total. The molecule has 2 aromatic carbocycles. The maximum absolute atomic E-state index is 12.3. The number of Topliss-reactive ketones (excluding diaryl/α,β-unsaturated/α-hetero) is 2. The predicted molar refractivity (Wildman–Crippen MR) is 289 cm³/mol. The summed E-state index contributed by atoms with van der Waals surface area (Å²) in [5, 5.41) is 40.4. The summed E-state index contributed by atoms with van der Waals surface area (Å²) in [6.45, 7) is 2.57. The summed E-state index contributed by atoms with van der Waals surface area (Å²) in [4.78, 5) is 106. The molecule has 0 spiro atoms. The van der Waals surface area contributed by atoms with E-state index in [9.17, 15) is 48.6 Å². The molecule has 2 aliphatic rings. The summed E-state index contributed by atoms with van der Waals surface area (Å²) in [5.74, 6) is -2.17. The number of carbonyl (C=O) groups is 8. The third kappa shape index (κ3) is 18.6. The van der Waals surface area contributed by atoms with Gasteiger partial charge in [-0.2, -0.15) is 9.97 Å². The van der Waals surface area contributed by atoms with Gasteiger partial charge in [0.2, 0.25) is 11.8 Å². The van der Waals surface area contributed by atoms with Crippen molar-refractivity contribution in [3.05, 3.63) is 80.5 Å². The van der Waals surface area contributed by atoms with Crippen molar-refractivity contribution in [3.8, 4) is 46.3 Å². The van der Waals surface area contributed by atoms with Crippen LogP contribution < -0.4 is 107 Å². The topological polar surface area (TPSA) is 329 Å². The number of amides is 2. The first-order valence-corrected chi connectivity index (χ1v) is 27.3. The van der Waals surface area contributed by atoms with Crippen molar-refractivity contribution in [2.75, 3.05) is 54.9 Å². The molecule has 0 saturated carbocycles. The van der Waals surface area contributed by atoms with Crippen LogP contribution in [0.3, 0.4) is 0 Å². The number of fused-ring (bicyclic) bond motifs is 4. The van der Waals surface area contributed by atoms with Gasteiger partial charge in [0.05, 0.1) is 77.5 Å². The second kappa shape index (κ2) is 32.5. The standard InChI is InChI=1S/2C28H30N2O10S.2Na/c2*1-37-20-11-17-14-30(24(32)5-7-26(35)36)15-18(17)12-21(20)39-8-3-9-40-27-22(38-2)10-16-13-23(41-28(16)29-27)19(31)4-6-25(33)34;;/h2*10-13H,3-9,14-15H2,1-2H3,(H,33,34)(H,35,36);;/q;;2*+1/p-2. The molecule has 0 bridgehead atoms. The van der Waals surface area contributed by atoms with Crippen molar-refractivity contribution >= 4 is 90.4 Å². The summed E-state index contributed by atoms with van der Waals surface area (Å²) in [6.07, 6.45) is -0.487. The fourth-order valence-electron chi connectivity index (χ4n) is 8.60. The van der Waals surface area contributed by atoms with E-state index in [4.69, 9.17) is 48.1 Å². The third-order valence-corrected chi connectivity index (χ3v) is 15.0. The van der Waals surface area contributed by atoms with Crippen molar-refractivity contribution in [2.45, 2.75) is 90.4 Å². The predicted octanol–water partition coefficient (Wildman–Crippen LogP) is -0.830. The van der Waals surface area contributed by atoms with Crippen LogP contribution in [0, 0.1) is 0 Å². The number of methoxy groups -OCH3 is 4. The van der Waals surface area contributed by atoms with Crippen LogP contribution in [-0.2, 0) is 54.9 Å². The molecule has 0 radical (unpaired) electrons. The van der Waals surface area contributed by atoms with Crippen molar-refractivity contribution in [2.24, 2.45) is 0 Å². The number of carboxylic acids is 4. The van der Waals surface area contributed by atoms with Crippen LogP contribution in [0.5, 0.6) is 46.3 Å². The average molecular weight is 1220 g/mol. The zero-order valence-corrected chi connectivity index (χ0v) is 52.8. The first kappa shape index (κ1) is 68.0. The van der Waals surface area contributed by atoms with Crippen LogP contribution in [0.4, 0.5) is 0 Å². The Morgan fingerprint density at radius 1 is 0.452 bits per heavy atom. The van der Waals surface area contributed by atoms with Crippen LogP contribution in [-0.4, -0.2) is 132 Å². The van der Waals surface area contributed by atoms with Crippen LogP contribution in [0.15, 0.2) is 48.5 Å². The number of aliphatic carboxylic acids is 4. The van der Waals surface area contributed by atoms with E-state index in [1.807, 2.05) is 24.3 Å². The van der Waals surface area contributed by atoms with Crippen molar-refractivity contribution < 1.29 is 156 Å². The summed E-state index contributed by atoms with van der Waals surface area (Å²) >= 11 is 2.34. The van der Waals surface area contributed by atoms with Crippen LogP contribution in [0.2, 0.25) is 0 Å². The minimum atomic E-state index is -1.26. The number of hydrogen-bond acceptors (Lipinski definition) is 22. The van der Waals surface area contributed by atoms with Gasteiger partial charge in [-0.1, -0.05) is 0 Å². The average Bonchev–Trinajstić information content (AvgIpc) is 4.47. The van der Waals surface area contributed by atoms with Gasteiger partial charge in [0.15, 0.2) is 46.1 Å². The molecule has 84 heavy (non-hydrogen) atoms. The second-order valence-corrected chi connectivity index (χ2v) is 20.6. The van der Waals surface area contributed by atoms with E-state index in [1.54, 1.807) is 34.1 Å². The summed E-state index contributed by atoms with van der Waals surface area (Å²) in [6, 6.07) is 14.1. The molecule has 8 rings (SSSR count). The summed E-state index contributed by atoms with van der Waals surface area (Å²) in [5.41, 5.74) is 3.62. The molecule has 0 aliphatic carbocycles. The van der Waals surface area contributed by atoms with Crippen molar-refractivity contribution in [3.63, 3.8) is 0 Å². The second-order valence-electron chi connectivity index (χ2n) is 18.5. The maximum atomic E-state index is 12.3. The van der Waals surface area contributed by atoms with Gasteiger partial charge in [-0.15, -0.1) is 22.7 Å². The zero-order chi connectivity index (χ0) is 59.0. The SMILES string of the molecule is COc1cc2c(cc1OCCCOc1nc3sc(C(=O)CCC(=O)O)cc3cc1OC)CN(C(=O)CCC(=O)[O-])C2.COc1cc2c(cc1OCCCOc1nc3sc(C(=O)CCC(=O)O)cc3cc1OC)CN(C(=O)CCC(=O)[O-])C2.[Na+].[Na+]. The number of aromatic nitrogens is 2. The molecule has 6 heterocycles. The molecule has 0 atom stereocenters. The molecule has 28 heteroatoms. The fourth-order valence-corrected chi connectivity index (χ4v) is 10.5. The van der Waals surface area contributed by atoms with Gasteiger partial charge >= 0.3 is 71.1 Å². The molecule has 2 aliphatic heterocycles. The van der Waals surface area contributed by atoms with E-state index in [-0.39, 0.29) is 159 Å². The number of carbonyl (C=O) groups excluding carboxylic acids is 6. The monoisotopic (exact) mass is 1220 g/mol. The number of rotatable bonds is 30. The molecule has 6 aromatic rings. The normalized spacial score (nSPS) is 11.9. The minimum absolute atomic E-state index is 0. The number of thiophene rings is 2. The number of ether oxygens (including phenoxy) is 8. The van der Waals surface area contributed by atoms with Crippen LogP contribution in [0.1, 0.15) is 106 Å². The molecular formula is C56H58N4Na2O20S2. The molecule has 2 amide bonds. The van der Waals surface area contributed by atoms with Crippen molar-refractivity contribution in [1.82, 2.24) is 19.8 Å². The first-order valence-electron chi connectivity index (χ1n) is 25.7. The molecule has 24 nitrogen and oxygen atoms in total. The fraction of sp³-hybridized carbons (Fsp3) is 0.393. The Morgan fingerprint density at radius 3 is 1.11 bits per heavy atom. The summed E-state index contributed by atoms with van der Waals surface area (Å²) < 4.78 is 45.3. The van der Waals surface area contributed by atoms with E-state index in [0.717, 1.165) is 22.3 Å². The quantitative estimate of drug-likeness (QED) is 0.0316. The Labute approximate surface area is 533 Å². The molecule has 0 saturated heterocycles. The largest absolute Gasteiger partial charge is 1.00 e. The van der Waals surface area contributed by atoms with E-state index in [1.165, 1.54) is 51.1 Å². The zero-order valence-electron chi connectivity index (χ0n) is 47.2. The molecule has 0 fully saturated rings. The molecular weight excluding hydrogens is 1160 g/mol. The van der Waals surface area contributed by atoms with Gasteiger partial charge in [-0.3, -0.25) is 28.8 Å². The van der Waals surface area contributed by atoms with E-state index >= 15 is 0 Å². The van der Waals surface area contributed by atoms with Crippen LogP contribution >= 0.6 is 22.7 Å². The van der Waals surface area contributed by atoms with E-state index < -0.39 is 23.9 Å². The Balaban J connectivity index is 0.000000300. The maximum Gasteiger partial charge on any atom is 1.00 e. The number of carboxylic acid groups (broad SMARTS) is 4. The smallest absolute Gasteiger partial charge is 0.550 e. The van der Waals surface area contributed by atoms with Gasteiger partial charge in [-0.25, -0.2) is 0 Å². The molecule has 4 aromatic heterocycles. The van der Waals surface area contributed by atoms with Gasteiger partial charge in [-0.05, 0) is 83.6 Å². The number of hydrogen-bond donors (Lipinski definition) is 2. The summed E-state index contributed by atoms with van der Waals surface area (Å²) in [7, 11) is 6.03. The Kier molecular flexibility index (Phi) is 26.3. The van der Waals surface area contributed by atoms with Crippen molar-refractivity contribution in [1.29, 1.82) is 0 Å². The minimum Gasteiger partial charge on any atom is -0.550 e. The Morgan fingerprint density at radius 2 is 0.786 bits per heavy atom. The van der Waals surface area contributed by atoms with E-state index in [0.29, 0.717) is 117 Å². The van der Waals surface area contributed by atoms with Gasteiger partial charge in [0.1, 0.15) is 9.66 Å². The van der Waals surface area contributed by atoms with Crippen LogP contribution in [0.25, 0.3) is 20.4 Å². The molecule has 0 unspecified atom stereocenters. The third-order valence-electron chi connectivity index (χ3n) is 12.8. The number of nitrogens with zero attached hydrogens (tertiary/aromatic N) is 4. The molecule has 436 valence electrons.